The maximum atomic E-state index is 12.1. The van der Waals surface area contributed by atoms with E-state index >= 15 is 0 Å². The van der Waals surface area contributed by atoms with Crippen LogP contribution in [0.15, 0.2) is 0 Å². The molecule has 2 bridgehead atoms. The molecule has 4 heteroatoms. The summed E-state index contributed by atoms with van der Waals surface area (Å²) >= 11 is 0. The summed E-state index contributed by atoms with van der Waals surface area (Å²) in [4.78, 5) is 12.1. The predicted molar refractivity (Wildman–Crippen MR) is 79.1 cm³/mol. The number of nitrogens with two attached hydrogens (primary N) is 1. The lowest BCUT2D eigenvalue weighted by Gasteiger charge is -2.27. The fourth-order valence-corrected chi connectivity index (χ4v) is 4.47. The van der Waals surface area contributed by atoms with Crippen molar-refractivity contribution in [2.75, 3.05) is 6.54 Å². The first-order chi connectivity index (χ1) is 8.72. The van der Waals surface area contributed by atoms with Gasteiger partial charge >= 0.3 is 0 Å². The SMILES string of the molecule is Cl.NC1CCCC(C(=O)NCC2CC3CCC2C3)C1. The van der Waals surface area contributed by atoms with Crippen LogP contribution in [0.25, 0.3) is 0 Å². The van der Waals surface area contributed by atoms with Crippen molar-refractivity contribution in [2.45, 2.75) is 57.4 Å². The molecule has 19 heavy (non-hydrogen) atoms. The van der Waals surface area contributed by atoms with Gasteiger partial charge in [0.15, 0.2) is 0 Å². The minimum atomic E-state index is 0. The Kier molecular flexibility index (Phi) is 5.13. The van der Waals surface area contributed by atoms with Crippen LogP contribution >= 0.6 is 12.4 Å². The van der Waals surface area contributed by atoms with E-state index in [1.807, 2.05) is 0 Å². The molecule has 3 N–H and O–H groups in total. The van der Waals surface area contributed by atoms with Crippen molar-refractivity contribution < 1.29 is 4.79 Å². The van der Waals surface area contributed by atoms with Crippen molar-refractivity contribution >= 4 is 18.3 Å². The Bertz CT molecular complexity index is 323. The lowest BCUT2D eigenvalue weighted by molar-refractivity contribution is -0.126. The lowest BCUT2D eigenvalue weighted by Crippen LogP contribution is -2.40. The van der Waals surface area contributed by atoms with E-state index in [1.54, 1.807) is 0 Å². The highest BCUT2D eigenvalue weighted by molar-refractivity contribution is 5.85. The molecule has 0 aromatic carbocycles. The van der Waals surface area contributed by atoms with E-state index in [4.69, 9.17) is 5.73 Å². The third-order valence-electron chi connectivity index (χ3n) is 5.51. The molecular formula is C15H27ClN2O. The van der Waals surface area contributed by atoms with Gasteiger partial charge in [0.25, 0.3) is 0 Å². The molecule has 0 aromatic heterocycles. The fourth-order valence-electron chi connectivity index (χ4n) is 4.47. The van der Waals surface area contributed by atoms with Gasteiger partial charge in [0.05, 0.1) is 0 Å². The topological polar surface area (TPSA) is 55.1 Å². The maximum Gasteiger partial charge on any atom is 0.223 e. The number of carbonyl (C=O) groups excluding carboxylic acids is 1. The van der Waals surface area contributed by atoms with Crippen LogP contribution in [0.2, 0.25) is 0 Å². The minimum absolute atomic E-state index is 0. The van der Waals surface area contributed by atoms with Gasteiger partial charge in [0, 0.05) is 18.5 Å². The monoisotopic (exact) mass is 286 g/mol. The number of carbonyl (C=O) groups is 1. The second kappa shape index (κ2) is 6.45. The van der Waals surface area contributed by atoms with E-state index in [-0.39, 0.29) is 30.3 Å². The van der Waals surface area contributed by atoms with Crippen LogP contribution in [-0.4, -0.2) is 18.5 Å². The zero-order valence-corrected chi connectivity index (χ0v) is 12.5. The summed E-state index contributed by atoms with van der Waals surface area (Å²) in [6, 6.07) is 0.247. The van der Waals surface area contributed by atoms with E-state index in [2.05, 4.69) is 5.32 Å². The summed E-state index contributed by atoms with van der Waals surface area (Å²) in [7, 11) is 0. The molecule has 3 aliphatic rings. The molecule has 3 nitrogen and oxygen atoms in total. The highest BCUT2D eigenvalue weighted by atomic mass is 35.5. The van der Waals surface area contributed by atoms with E-state index < -0.39 is 0 Å². The predicted octanol–water partition coefficient (Wildman–Crippen LogP) is 2.48. The molecule has 5 unspecified atom stereocenters. The number of rotatable bonds is 3. The molecule has 0 saturated heterocycles. The van der Waals surface area contributed by atoms with Gasteiger partial charge in [-0.3, -0.25) is 4.79 Å². The highest BCUT2D eigenvalue weighted by Crippen LogP contribution is 2.47. The van der Waals surface area contributed by atoms with Gasteiger partial charge in [0.1, 0.15) is 0 Å². The Morgan fingerprint density at radius 1 is 1.11 bits per heavy atom. The zero-order chi connectivity index (χ0) is 12.5. The maximum absolute atomic E-state index is 12.1. The van der Waals surface area contributed by atoms with Gasteiger partial charge in [0.2, 0.25) is 5.91 Å². The first kappa shape index (κ1) is 15.1. The number of amides is 1. The minimum Gasteiger partial charge on any atom is -0.356 e. The van der Waals surface area contributed by atoms with Gasteiger partial charge in [-0.2, -0.15) is 0 Å². The first-order valence-corrected chi connectivity index (χ1v) is 7.75. The largest absolute Gasteiger partial charge is 0.356 e. The van der Waals surface area contributed by atoms with Gasteiger partial charge < -0.3 is 11.1 Å². The fraction of sp³-hybridized carbons (Fsp3) is 0.933. The Morgan fingerprint density at radius 2 is 1.95 bits per heavy atom. The van der Waals surface area contributed by atoms with Crippen molar-refractivity contribution in [3.05, 3.63) is 0 Å². The molecule has 3 fully saturated rings. The van der Waals surface area contributed by atoms with E-state index in [0.717, 1.165) is 50.0 Å². The van der Waals surface area contributed by atoms with Crippen LogP contribution in [-0.2, 0) is 4.79 Å². The number of hydrogen-bond donors (Lipinski definition) is 2. The number of fused-ring (bicyclic) bond motifs is 2. The van der Waals surface area contributed by atoms with Crippen LogP contribution in [0.1, 0.15) is 51.4 Å². The summed E-state index contributed by atoms with van der Waals surface area (Å²) in [6.45, 7) is 0.922. The molecule has 3 saturated carbocycles. The van der Waals surface area contributed by atoms with Gasteiger partial charge in [-0.1, -0.05) is 12.8 Å². The number of halogens is 1. The van der Waals surface area contributed by atoms with Gasteiger partial charge in [-0.15, -0.1) is 12.4 Å². The van der Waals surface area contributed by atoms with Crippen LogP contribution in [0, 0.1) is 23.7 Å². The van der Waals surface area contributed by atoms with E-state index in [0.29, 0.717) is 0 Å². The molecule has 0 aliphatic heterocycles. The van der Waals surface area contributed by atoms with Crippen molar-refractivity contribution in [3.8, 4) is 0 Å². The molecule has 0 aromatic rings. The molecule has 110 valence electrons. The van der Waals surface area contributed by atoms with E-state index in [1.165, 1.54) is 25.7 Å². The molecular weight excluding hydrogens is 260 g/mol. The second-order valence-corrected chi connectivity index (χ2v) is 6.80. The average molecular weight is 287 g/mol. The third kappa shape index (κ3) is 3.43. The smallest absolute Gasteiger partial charge is 0.223 e. The second-order valence-electron chi connectivity index (χ2n) is 6.80. The molecule has 1 amide bonds. The first-order valence-electron chi connectivity index (χ1n) is 7.75. The lowest BCUT2D eigenvalue weighted by atomic mass is 9.85. The van der Waals surface area contributed by atoms with Crippen molar-refractivity contribution in [1.29, 1.82) is 0 Å². The molecule has 5 atom stereocenters. The highest BCUT2D eigenvalue weighted by Gasteiger charge is 2.39. The van der Waals surface area contributed by atoms with Gasteiger partial charge in [-0.05, 0) is 56.3 Å². The van der Waals surface area contributed by atoms with Crippen LogP contribution in [0.4, 0.5) is 0 Å². The summed E-state index contributed by atoms with van der Waals surface area (Å²) in [5.74, 6) is 3.11. The Labute approximate surface area is 122 Å². The average Bonchev–Trinajstić information content (AvgIpc) is 2.98. The standard InChI is InChI=1S/C15H26N2O.ClH/c16-14-3-1-2-12(8-14)15(18)17-9-13-7-10-4-5-11(13)6-10;/h10-14H,1-9,16H2,(H,17,18);1H. The van der Waals surface area contributed by atoms with Crippen molar-refractivity contribution in [2.24, 2.45) is 29.4 Å². The number of nitrogens with one attached hydrogen (secondary N) is 1. The number of hydrogen-bond acceptors (Lipinski definition) is 2. The zero-order valence-electron chi connectivity index (χ0n) is 11.6. The Morgan fingerprint density at radius 3 is 2.58 bits per heavy atom. The Hall–Kier alpha value is -0.280. The Balaban J connectivity index is 0.00000133. The molecule has 3 aliphatic carbocycles. The van der Waals surface area contributed by atoms with Gasteiger partial charge in [-0.25, -0.2) is 0 Å². The summed E-state index contributed by atoms with van der Waals surface area (Å²) in [6.07, 6.45) is 9.76. The molecule has 0 spiro atoms. The third-order valence-corrected chi connectivity index (χ3v) is 5.51. The van der Waals surface area contributed by atoms with Crippen molar-refractivity contribution in [3.63, 3.8) is 0 Å². The van der Waals surface area contributed by atoms with Crippen LogP contribution < -0.4 is 11.1 Å². The summed E-state index contributed by atoms with van der Waals surface area (Å²) in [5.41, 5.74) is 5.95. The molecule has 0 radical (unpaired) electrons. The van der Waals surface area contributed by atoms with Crippen LogP contribution in [0.3, 0.4) is 0 Å². The quantitative estimate of drug-likeness (QED) is 0.837. The summed E-state index contributed by atoms with van der Waals surface area (Å²) < 4.78 is 0. The van der Waals surface area contributed by atoms with E-state index in [9.17, 15) is 4.79 Å². The molecule has 0 heterocycles. The molecule has 3 rings (SSSR count). The van der Waals surface area contributed by atoms with Crippen molar-refractivity contribution in [1.82, 2.24) is 5.32 Å². The van der Waals surface area contributed by atoms with Crippen LogP contribution in [0.5, 0.6) is 0 Å². The summed E-state index contributed by atoms with van der Waals surface area (Å²) in [5, 5.41) is 3.21. The normalized spacial score (nSPS) is 40.8.